The second kappa shape index (κ2) is 7.01. The number of hydrogen-bond acceptors (Lipinski definition) is 3. The van der Waals surface area contributed by atoms with Crippen molar-refractivity contribution in [3.8, 4) is 5.75 Å². The van der Waals surface area contributed by atoms with Gasteiger partial charge in [0.2, 0.25) is 0 Å². The molecule has 1 aromatic carbocycles. The van der Waals surface area contributed by atoms with E-state index in [1.165, 1.54) is 0 Å². The van der Waals surface area contributed by atoms with E-state index < -0.39 is 5.97 Å². The zero-order valence-corrected chi connectivity index (χ0v) is 11.2. The van der Waals surface area contributed by atoms with Crippen LogP contribution in [0.1, 0.15) is 25.8 Å². The van der Waals surface area contributed by atoms with Gasteiger partial charge in [-0.1, -0.05) is 12.1 Å². The van der Waals surface area contributed by atoms with Gasteiger partial charge in [-0.3, -0.25) is 9.69 Å². The Labute approximate surface area is 108 Å². The van der Waals surface area contributed by atoms with Gasteiger partial charge in [0.1, 0.15) is 5.75 Å². The van der Waals surface area contributed by atoms with Crippen molar-refractivity contribution in [2.75, 3.05) is 13.7 Å². The van der Waals surface area contributed by atoms with Gasteiger partial charge < -0.3 is 9.84 Å². The summed E-state index contributed by atoms with van der Waals surface area (Å²) in [4.78, 5) is 12.8. The number of hydrogen-bond donors (Lipinski definition) is 1. The maximum Gasteiger partial charge on any atom is 0.304 e. The van der Waals surface area contributed by atoms with Crippen molar-refractivity contribution in [1.29, 1.82) is 0 Å². The fourth-order valence-corrected chi connectivity index (χ4v) is 1.76. The van der Waals surface area contributed by atoms with Gasteiger partial charge in [0, 0.05) is 19.1 Å². The molecule has 0 spiro atoms. The summed E-state index contributed by atoms with van der Waals surface area (Å²) in [6.45, 7) is 5.44. The van der Waals surface area contributed by atoms with Crippen LogP contribution >= 0.6 is 0 Å². The third kappa shape index (κ3) is 4.75. The first kappa shape index (κ1) is 14.5. The Morgan fingerprint density at radius 1 is 1.44 bits per heavy atom. The van der Waals surface area contributed by atoms with Gasteiger partial charge in [-0.2, -0.15) is 0 Å². The van der Waals surface area contributed by atoms with E-state index in [9.17, 15) is 4.79 Å². The Hall–Kier alpha value is -1.55. The minimum Gasteiger partial charge on any atom is -0.497 e. The third-order valence-electron chi connectivity index (χ3n) is 2.86. The molecule has 4 heteroatoms. The van der Waals surface area contributed by atoms with Crippen LogP contribution in [0.2, 0.25) is 0 Å². The van der Waals surface area contributed by atoms with Crippen LogP contribution in [0.25, 0.3) is 0 Å². The summed E-state index contributed by atoms with van der Waals surface area (Å²) in [5.41, 5.74) is 1.13. The molecule has 0 aliphatic rings. The molecule has 0 amide bonds. The minimum atomic E-state index is -0.758. The highest BCUT2D eigenvalue weighted by Crippen LogP contribution is 2.15. The summed E-state index contributed by atoms with van der Waals surface area (Å²) in [5.74, 6) is 0.0701. The smallest absolute Gasteiger partial charge is 0.304 e. The average molecular weight is 251 g/mol. The van der Waals surface area contributed by atoms with Crippen molar-refractivity contribution in [3.05, 3.63) is 29.8 Å². The van der Waals surface area contributed by atoms with Gasteiger partial charge in [0.05, 0.1) is 13.5 Å². The maximum absolute atomic E-state index is 10.6. The van der Waals surface area contributed by atoms with Gasteiger partial charge in [-0.15, -0.1) is 0 Å². The zero-order chi connectivity index (χ0) is 13.5. The van der Waals surface area contributed by atoms with Crippen LogP contribution in [0.4, 0.5) is 0 Å². The van der Waals surface area contributed by atoms with Crippen LogP contribution < -0.4 is 4.74 Å². The fraction of sp³-hybridized carbons (Fsp3) is 0.500. The molecule has 0 fully saturated rings. The number of methoxy groups -OCH3 is 1. The first-order valence-electron chi connectivity index (χ1n) is 6.11. The van der Waals surface area contributed by atoms with E-state index in [1.54, 1.807) is 7.11 Å². The summed E-state index contributed by atoms with van der Waals surface area (Å²) in [7, 11) is 1.64. The van der Waals surface area contributed by atoms with Gasteiger partial charge in [-0.05, 0) is 31.5 Å². The number of carboxylic acids is 1. The first-order chi connectivity index (χ1) is 8.52. The predicted molar refractivity (Wildman–Crippen MR) is 70.8 cm³/mol. The molecule has 0 saturated heterocycles. The Kier molecular flexibility index (Phi) is 5.65. The molecule has 0 aromatic heterocycles. The Balaban J connectivity index is 2.67. The maximum atomic E-state index is 10.6. The molecular weight excluding hydrogens is 230 g/mol. The minimum absolute atomic E-state index is 0.169. The van der Waals surface area contributed by atoms with Crippen LogP contribution in [-0.4, -0.2) is 35.7 Å². The number of aliphatic carboxylic acids is 1. The SMILES string of the molecule is COc1cccc(CN(CCC(=O)O)C(C)C)c1. The molecule has 4 nitrogen and oxygen atoms in total. The van der Waals surface area contributed by atoms with Crippen molar-refractivity contribution < 1.29 is 14.6 Å². The van der Waals surface area contributed by atoms with Gasteiger partial charge >= 0.3 is 5.97 Å². The van der Waals surface area contributed by atoms with E-state index in [0.29, 0.717) is 12.6 Å². The van der Waals surface area contributed by atoms with E-state index in [1.807, 2.05) is 24.3 Å². The predicted octanol–water partition coefficient (Wildman–Crippen LogP) is 2.38. The van der Waals surface area contributed by atoms with Crippen LogP contribution in [0.5, 0.6) is 5.75 Å². The monoisotopic (exact) mass is 251 g/mol. The Bertz CT molecular complexity index is 390. The van der Waals surface area contributed by atoms with Gasteiger partial charge in [0.25, 0.3) is 0 Å². The number of carbonyl (C=O) groups is 1. The lowest BCUT2D eigenvalue weighted by Gasteiger charge is -2.26. The molecule has 1 N–H and O–H groups in total. The van der Waals surface area contributed by atoms with Crippen molar-refractivity contribution in [1.82, 2.24) is 4.90 Å². The standard InChI is InChI=1S/C14H21NO3/c1-11(2)15(8-7-14(16)17)10-12-5-4-6-13(9-12)18-3/h4-6,9,11H,7-8,10H2,1-3H3,(H,16,17). The van der Waals surface area contributed by atoms with E-state index in [4.69, 9.17) is 9.84 Å². The Morgan fingerprint density at radius 3 is 2.72 bits per heavy atom. The third-order valence-corrected chi connectivity index (χ3v) is 2.86. The van der Waals surface area contributed by atoms with Crippen molar-refractivity contribution in [2.45, 2.75) is 32.9 Å². The molecule has 0 atom stereocenters. The van der Waals surface area contributed by atoms with Crippen molar-refractivity contribution >= 4 is 5.97 Å². The lowest BCUT2D eigenvalue weighted by atomic mass is 10.1. The molecule has 0 heterocycles. The molecular formula is C14H21NO3. The molecule has 18 heavy (non-hydrogen) atoms. The zero-order valence-electron chi connectivity index (χ0n) is 11.2. The molecule has 0 radical (unpaired) electrons. The second-order valence-corrected chi connectivity index (χ2v) is 4.56. The quantitative estimate of drug-likeness (QED) is 0.808. The molecule has 0 aliphatic heterocycles. The molecule has 100 valence electrons. The average Bonchev–Trinajstić information content (AvgIpc) is 2.34. The number of ether oxygens (including phenoxy) is 1. The largest absolute Gasteiger partial charge is 0.497 e. The number of rotatable bonds is 7. The highest BCUT2D eigenvalue weighted by Gasteiger charge is 2.12. The lowest BCUT2D eigenvalue weighted by molar-refractivity contribution is -0.137. The van der Waals surface area contributed by atoms with Crippen LogP contribution in [0, 0.1) is 0 Å². The topological polar surface area (TPSA) is 49.8 Å². The van der Waals surface area contributed by atoms with Crippen LogP contribution in [0.3, 0.4) is 0 Å². The van der Waals surface area contributed by atoms with E-state index in [-0.39, 0.29) is 6.42 Å². The lowest BCUT2D eigenvalue weighted by Crippen LogP contribution is -2.32. The Morgan fingerprint density at radius 2 is 2.17 bits per heavy atom. The van der Waals surface area contributed by atoms with E-state index >= 15 is 0 Å². The fourth-order valence-electron chi connectivity index (χ4n) is 1.76. The van der Waals surface area contributed by atoms with Crippen LogP contribution in [0.15, 0.2) is 24.3 Å². The van der Waals surface area contributed by atoms with Gasteiger partial charge in [-0.25, -0.2) is 0 Å². The molecule has 0 saturated carbocycles. The molecule has 1 aromatic rings. The molecule has 1 rings (SSSR count). The summed E-state index contributed by atoms with van der Waals surface area (Å²) in [6.07, 6.45) is 0.169. The molecule has 0 bridgehead atoms. The van der Waals surface area contributed by atoms with E-state index in [0.717, 1.165) is 17.9 Å². The highest BCUT2D eigenvalue weighted by molar-refractivity contribution is 5.66. The van der Waals surface area contributed by atoms with Crippen LogP contribution in [-0.2, 0) is 11.3 Å². The summed E-state index contributed by atoms with van der Waals surface area (Å²) in [5, 5.41) is 8.75. The second-order valence-electron chi connectivity index (χ2n) is 4.56. The number of nitrogens with zero attached hydrogens (tertiary/aromatic N) is 1. The summed E-state index contributed by atoms with van der Waals surface area (Å²) >= 11 is 0. The molecule has 0 unspecified atom stereocenters. The number of benzene rings is 1. The van der Waals surface area contributed by atoms with Gasteiger partial charge in [0.15, 0.2) is 0 Å². The molecule has 0 aliphatic carbocycles. The normalized spacial score (nSPS) is 10.9. The summed E-state index contributed by atoms with van der Waals surface area (Å²) in [6, 6.07) is 8.18. The van der Waals surface area contributed by atoms with Crippen molar-refractivity contribution in [3.63, 3.8) is 0 Å². The summed E-state index contributed by atoms with van der Waals surface area (Å²) < 4.78 is 5.18. The van der Waals surface area contributed by atoms with Crippen molar-refractivity contribution in [2.24, 2.45) is 0 Å². The number of carboxylic acid groups (broad SMARTS) is 1. The van der Waals surface area contributed by atoms with E-state index in [2.05, 4.69) is 18.7 Å². The first-order valence-corrected chi connectivity index (χ1v) is 6.11. The highest BCUT2D eigenvalue weighted by atomic mass is 16.5.